The molecule has 3 heterocycles. The fourth-order valence-electron chi connectivity index (χ4n) is 5.02. The fourth-order valence-corrected chi connectivity index (χ4v) is 5.02. The second kappa shape index (κ2) is 10.7. The van der Waals surface area contributed by atoms with Crippen LogP contribution in [0.15, 0.2) is 59.5 Å². The van der Waals surface area contributed by atoms with Crippen LogP contribution in [-0.4, -0.2) is 39.7 Å². The Balaban J connectivity index is 1.58. The molecule has 3 aromatic rings. The Bertz CT molecular complexity index is 1620. The molecule has 1 aromatic heterocycles. The summed E-state index contributed by atoms with van der Waals surface area (Å²) in [7, 11) is 0. The molecule has 1 saturated heterocycles. The van der Waals surface area contributed by atoms with Crippen molar-refractivity contribution in [1.29, 1.82) is 5.26 Å². The zero-order valence-electron chi connectivity index (χ0n) is 21.4. The van der Waals surface area contributed by atoms with Crippen LogP contribution >= 0.6 is 0 Å². The quantitative estimate of drug-likeness (QED) is 0.507. The summed E-state index contributed by atoms with van der Waals surface area (Å²) in [6.45, 7) is 1.20. The van der Waals surface area contributed by atoms with Crippen LogP contribution in [0, 0.1) is 28.9 Å². The number of halogens is 2. The van der Waals surface area contributed by atoms with Crippen LogP contribution in [0.5, 0.6) is 5.75 Å². The summed E-state index contributed by atoms with van der Waals surface area (Å²) in [6, 6.07) is 12.3. The number of hydrogen-bond donors (Lipinski definition) is 1. The van der Waals surface area contributed by atoms with Crippen molar-refractivity contribution in [3.05, 3.63) is 99.0 Å². The van der Waals surface area contributed by atoms with E-state index in [0.29, 0.717) is 11.6 Å². The molecule has 2 aliphatic rings. The number of nitrogens with zero attached hydrogens (tertiary/aromatic N) is 3. The van der Waals surface area contributed by atoms with Gasteiger partial charge in [0.25, 0.3) is 11.8 Å². The molecule has 11 heteroatoms. The number of pyridine rings is 1. The van der Waals surface area contributed by atoms with Gasteiger partial charge in [0.2, 0.25) is 5.43 Å². The number of carbonyl (C=O) groups excluding carboxylic acids is 3. The Morgan fingerprint density at radius 3 is 2.60 bits per heavy atom. The Morgan fingerprint density at radius 2 is 1.90 bits per heavy atom. The molecular formula is C29H24F2N4O5. The van der Waals surface area contributed by atoms with Crippen LogP contribution in [0.1, 0.15) is 51.4 Å². The van der Waals surface area contributed by atoms with E-state index in [-0.39, 0.29) is 43.2 Å². The van der Waals surface area contributed by atoms with Gasteiger partial charge in [-0.15, -0.1) is 0 Å². The molecule has 3 atom stereocenters. The third kappa shape index (κ3) is 4.84. The second-order valence-electron chi connectivity index (χ2n) is 9.77. The van der Waals surface area contributed by atoms with E-state index in [1.807, 2.05) is 0 Å². The van der Waals surface area contributed by atoms with Gasteiger partial charge in [0.05, 0.1) is 12.0 Å². The Labute approximate surface area is 227 Å². The lowest BCUT2D eigenvalue weighted by atomic mass is 9.96. The van der Waals surface area contributed by atoms with Crippen LogP contribution in [-0.2, 0) is 17.9 Å². The first-order valence-electron chi connectivity index (χ1n) is 12.6. The van der Waals surface area contributed by atoms with Crippen LogP contribution in [0.4, 0.5) is 8.78 Å². The fraction of sp³-hybridized carbons (Fsp3) is 0.276. The van der Waals surface area contributed by atoms with Gasteiger partial charge >= 0.3 is 0 Å². The van der Waals surface area contributed by atoms with Crippen molar-refractivity contribution in [1.82, 2.24) is 14.8 Å². The number of hydrogen-bond acceptors (Lipinski definition) is 6. The number of amides is 2. The first kappa shape index (κ1) is 26.7. The van der Waals surface area contributed by atoms with Gasteiger partial charge < -0.3 is 19.5 Å². The number of aromatic nitrogens is 1. The molecule has 5 rings (SSSR count). The van der Waals surface area contributed by atoms with E-state index in [4.69, 9.17) is 4.74 Å². The molecule has 9 nitrogen and oxygen atoms in total. The summed E-state index contributed by atoms with van der Waals surface area (Å²) in [5.41, 5.74) is -0.800. The maximum atomic E-state index is 14.1. The highest BCUT2D eigenvalue weighted by molar-refractivity contribution is 6.01. The highest BCUT2D eigenvalue weighted by Crippen LogP contribution is 2.35. The largest absolute Gasteiger partial charge is 0.483 e. The molecule has 0 aliphatic carbocycles. The summed E-state index contributed by atoms with van der Waals surface area (Å²) in [6.07, 6.45) is 1.03. The average molecular weight is 547 g/mol. The number of carbonyl (C=O) groups is 3. The highest BCUT2D eigenvalue weighted by atomic mass is 19.1. The van der Waals surface area contributed by atoms with Gasteiger partial charge in [0, 0.05) is 43.4 Å². The number of benzene rings is 2. The van der Waals surface area contributed by atoms with E-state index in [9.17, 15) is 33.2 Å². The molecule has 2 aromatic carbocycles. The van der Waals surface area contributed by atoms with Crippen LogP contribution < -0.4 is 15.5 Å². The van der Waals surface area contributed by atoms with Crippen molar-refractivity contribution in [2.24, 2.45) is 5.92 Å². The minimum absolute atomic E-state index is 0.00494. The minimum atomic E-state index is -0.950. The predicted octanol–water partition coefficient (Wildman–Crippen LogP) is 3.13. The van der Waals surface area contributed by atoms with Gasteiger partial charge in [-0.2, -0.15) is 5.26 Å². The van der Waals surface area contributed by atoms with Crippen LogP contribution in [0.2, 0.25) is 0 Å². The van der Waals surface area contributed by atoms with E-state index in [0.717, 1.165) is 12.3 Å². The third-order valence-corrected chi connectivity index (χ3v) is 7.32. The lowest BCUT2D eigenvalue weighted by Crippen LogP contribution is -2.50. The average Bonchev–Trinajstić information content (AvgIpc) is 3.05. The lowest BCUT2D eigenvalue weighted by Gasteiger charge is -2.37. The monoisotopic (exact) mass is 546 g/mol. The second-order valence-corrected chi connectivity index (χ2v) is 9.77. The molecule has 2 amide bonds. The van der Waals surface area contributed by atoms with E-state index >= 15 is 0 Å². The zero-order valence-corrected chi connectivity index (χ0v) is 21.4. The Hall–Kier alpha value is -4.85. The van der Waals surface area contributed by atoms with E-state index in [1.54, 1.807) is 37.3 Å². The van der Waals surface area contributed by atoms with E-state index in [1.165, 1.54) is 15.5 Å². The molecule has 2 aliphatic heterocycles. The highest BCUT2D eigenvalue weighted by Gasteiger charge is 2.45. The Kier molecular flexibility index (Phi) is 7.17. The van der Waals surface area contributed by atoms with Crippen molar-refractivity contribution in [2.75, 3.05) is 6.54 Å². The van der Waals surface area contributed by atoms with Crippen LogP contribution in [0.25, 0.3) is 0 Å². The van der Waals surface area contributed by atoms with Crippen molar-refractivity contribution < 1.29 is 27.9 Å². The zero-order chi connectivity index (χ0) is 28.6. The molecule has 1 N–H and O–H groups in total. The molecule has 0 saturated carbocycles. The number of nitriles is 1. The number of Topliss-reactive ketones (excluding diaryl/α,β-unsaturated/α-hetero) is 1. The van der Waals surface area contributed by atoms with Crippen molar-refractivity contribution in [2.45, 2.75) is 38.6 Å². The van der Waals surface area contributed by atoms with Crippen molar-refractivity contribution >= 4 is 17.6 Å². The number of fused-ring (bicyclic) bond motifs is 4. The van der Waals surface area contributed by atoms with Gasteiger partial charge in [0.1, 0.15) is 29.8 Å². The molecule has 40 heavy (non-hydrogen) atoms. The summed E-state index contributed by atoms with van der Waals surface area (Å²) >= 11 is 0. The van der Waals surface area contributed by atoms with Crippen molar-refractivity contribution in [3.8, 4) is 11.8 Å². The van der Waals surface area contributed by atoms with Gasteiger partial charge in [-0.05, 0) is 18.6 Å². The molecule has 1 fully saturated rings. The SMILES string of the molecule is C[C@H]1[C@@H](C#N)CC(=O)[C@H]2CN1C(=O)c1c(OCc3ccccc3)c(=O)c(C(=O)NCc3ccc(F)cc3F)cn12. The summed E-state index contributed by atoms with van der Waals surface area (Å²) in [5, 5.41) is 12.1. The molecule has 204 valence electrons. The molecule has 0 radical (unpaired) electrons. The summed E-state index contributed by atoms with van der Waals surface area (Å²) in [5.74, 6) is -4.62. The van der Waals surface area contributed by atoms with Crippen molar-refractivity contribution in [3.63, 3.8) is 0 Å². The molecular weight excluding hydrogens is 522 g/mol. The van der Waals surface area contributed by atoms with Crippen LogP contribution in [0.3, 0.4) is 0 Å². The number of nitrogens with one attached hydrogen (secondary N) is 1. The summed E-state index contributed by atoms with van der Waals surface area (Å²) < 4.78 is 34.5. The predicted molar refractivity (Wildman–Crippen MR) is 137 cm³/mol. The minimum Gasteiger partial charge on any atom is -0.483 e. The van der Waals surface area contributed by atoms with Gasteiger partial charge in [-0.25, -0.2) is 8.78 Å². The van der Waals surface area contributed by atoms with E-state index in [2.05, 4.69) is 11.4 Å². The maximum absolute atomic E-state index is 14.1. The molecule has 2 bridgehead atoms. The first-order valence-corrected chi connectivity index (χ1v) is 12.6. The number of ether oxygens (including phenoxy) is 1. The normalized spacial score (nSPS) is 19.9. The lowest BCUT2D eigenvalue weighted by molar-refractivity contribution is -0.122. The topological polar surface area (TPSA) is 122 Å². The van der Waals surface area contributed by atoms with E-state index < -0.39 is 58.2 Å². The maximum Gasteiger partial charge on any atom is 0.274 e. The number of ketones is 1. The summed E-state index contributed by atoms with van der Waals surface area (Å²) in [4.78, 5) is 55.1. The first-order chi connectivity index (χ1) is 19.2. The molecule has 0 unspecified atom stereocenters. The molecule has 0 spiro atoms. The van der Waals surface area contributed by atoms with Gasteiger partial charge in [-0.1, -0.05) is 36.4 Å². The Morgan fingerprint density at radius 1 is 1.15 bits per heavy atom. The number of rotatable bonds is 6. The third-order valence-electron chi connectivity index (χ3n) is 7.32. The smallest absolute Gasteiger partial charge is 0.274 e. The standard InChI is InChI=1S/C29H24F2N4O5/c1-16-19(11-32)9-24(36)23-14-34(16)29(39)25-27(40-15-17-5-3-2-4-6-17)26(37)21(13-35(23)25)28(38)33-12-18-7-8-20(30)10-22(18)31/h2-8,10,13,16,19,23H,9,12,14-15H2,1H3,(H,33,38)/t16-,19+,23+/m0/s1. The van der Waals surface area contributed by atoms with Gasteiger partial charge in [-0.3, -0.25) is 19.2 Å². The van der Waals surface area contributed by atoms with Gasteiger partial charge in [0.15, 0.2) is 17.2 Å².